The molecule has 2 atom stereocenters. The van der Waals surface area contributed by atoms with E-state index in [4.69, 9.17) is 23.2 Å². The lowest BCUT2D eigenvalue weighted by atomic mass is 9.97. The summed E-state index contributed by atoms with van der Waals surface area (Å²) in [5, 5.41) is 4.49. The van der Waals surface area contributed by atoms with Gasteiger partial charge in [-0.25, -0.2) is 0 Å². The van der Waals surface area contributed by atoms with Crippen LogP contribution in [0.1, 0.15) is 31.4 Å². The standard InChI is InChI=1S/C15H20Cl2N2O.ClH/c1-10(13-6-5-12(16)8-14(13)17)19(2)15(20)11-4-3-7-18-9-11;/h5-6,8,10-11,18H,3-4,7,9H2,1-2H3;1H/t10?,11-;/m1./s1. The van der Waals surface area contributed by atoms with E-state index < -0.39 is 0 Å². The first-order valence-electron chi connectivity index (χ1n) is 6.93. The molecule has 0 aliphatic carbocycles. The van der Waals surface area contributed by atoms with Crippen LogP contribution in [-0.2, 0) is 4.79 Å². The Morgan fingerprint density at radius 2 is 2.14 bits per heavy atom. The molecule has 0 aromatic heterocycles. The van der Waals surface area contributed by atoms with Crippen LogP contribution in [0.25, 0.3) is 0 Å². The Balaban J connectivity index is 0.00000220. The van der Waals surface area contributed by atoms with Crippen molar-refractivity contribution in [1.82, 2.24) is 10.2 Å². The number of nitrogens with zero attached hydrogens (tertiary/aromatic N) is 1. The molecule has 0 bridgehead atoms. The molecule has 3 nitrogen and oxygen atoms in total. The number of benzene rings is 1. The second-order valence-electron chi connectivity index (χ2n) is 5.33. The number of carbonyl (C=O) groups is 1. The molecule has 1 aliphatic heterocycles. The zero-order valence-electron chi connectivity index (χ0n) is 12.2. The van der Waals surface area contributed by atoms with E-state index >= 15 is 0 Å². The first-order chi connectivity index (χ1) is 9.50. The van der Waals surface area contributed by atoms with Crippen LogP contribution in [0.15, 0.2) is 18.2 Å². The van der Waals surface area contributed by atoms with Crippen molar-refractivity contribution in [3.63, 3.8) is 0 Å². The summed E-state index contributed by atoms with van der Waals surface area (Å²) in [5.41, 5.74) is 0.927. The maximum atomic E-state index is 12.5. The van der Waals surface area contributed by atoms with Gasteiger partial charge < -0.3 is 10.2 Å². The van der Waals surface area contributed by atoms with E-state index in [9.17, 15) is 4.79 Å². The third-order valence-electron chi connectivity index (χ3n) is 3.99. The molecule has 6 heteroatoms. The molecule has 21 heavy (non-hydrogen) atoms. The molecule has 1 saturated heterocycles. The van der Waals surface area contributed by atoms with Crippen LogP contribution in [0.3, 0.4) is 0 Å². The lowest BCUT2D eigenvalue weighted by molar-refractivity contribution is -0.136. The van der Waals surface area contributed by atoms with Crippen LogP contribution in [-0.4, -0.2) is 30.9 Å². The van der Waals surface area contributed by atoms with Gasteiger partial charge in [-0.1, -0.05) is 29.3 Å². The first kappa shape index (κ1) is 18.6. The average Bonchev–Trinajstić information content (AvgIpc) is 2.46. The van der Waals surface area contributed by atoms with Gasteiger partial charge in [-0.3, -0.25) is 4.79 Å². The van der Waals surface area contributed by atoms with Crippen molar-refractivity contribution in [2.45, 2.75) is 25.8 Å². The highest BCUT2D eigenvalue weighted by molar-refractivity contribution is 6.35. The van der Waals surface area contributed by atoms with E-state index in [1.54, 1.807) is 17.0 Å². The normalized spacial score (nSPS) is 19.5. The third-order valence-corrected chi connectivity index (χ3v) is 4.55. The van der Waals surface area contributed by atoms with Gasteiger partial charge in [0.2, 0.25) is 5.91 Å². The fourth-order valence-electron chi connectivity index (χ4n) is 2.59. The molecule has 1 amide bonds. The summed E-state index contributed by atoms with van der Waals surface area (Å²) in [6, 6.07) is 5.35. The molecular formula is C15H21Cl3N2O. The van der Waals surface area contributed by atoms with Crippen LogP contribution in [0.5, 0.6) is 0 Å². The highest BCUT2D eigenvalue weighted by Crippen LogP contribution is 2.30. The van der Waals surface area contributed by atoms with E-state index in [2.05, 4.69) is 5.32 Å². The van der Waals surface area contributed by atoms with Gasteiger partial charge in [-0.2, -0.15) is 0 Å². The molecule has 1 fully saturated rings. The van der Waals surface area contributed by atoms with Crippen LogP contribution in [0.2, 0.25) is 10.0 Å². The number of hydrogen-bond acceptors (Lipinski definition) is 2. The van der Waals surface area contributed by atoms with Crippen LogP contribution in [0.4, 0.5) is 0 Å². The minimum absolute atomic E-state index is 0. The first-order valence-corrected chi connectivity index (χ1v) is 7.68. The highest BCUT2D eigenvalue weighted by atomic mass is 35.5. The zero-order chi connectivity index (χ0) is 14.7. The molecule has 1 aromatic carbocycles. The molecule has 118 valence electrons. The number of hydrogen-bond donors (Lipinski definition) is 1. The van der Waals surface area contributed by atoms with Crippen molar-refractivity contribution >= 4 is 41.5 Å². The van der Waals surface area contributed by atoms with E-state index in [0.717, 1.165) is 31.5 Å². The molecule has 0 radical (unpaired) electrons. The smallest absolute Gasteiger partial charge is 0.227 e. The van der Waals surface area contributed by atoms with Gasteiger partial charge in [0.05, 0.1) is 12.0 Å². The van der Waals surface area contributed by atoms with E-state index in [1.165, 1.54) is 0 Å². The lowest BCUT2D eigenvalue weighted by Crippen LogP contribution is -2.42. The van der Waals surface area contributed by atoms with Crippen molar-refractivity contribution in [2.75, 3.05) is 20.1 Å². The molecule has 0 saturated carbocycles. The molecular weight excluding hydrogens is 331 g/mol. The molecule has 1 aliphatic rings. The monoisotopic (exact) mass is 350 g/mol. The van der Waals surface area contributed by atoms with Crippen LogP contribution >= 0.6 is 35.6 Å². The van der Waals surface area contributed by atoms with Gasteiger partial charge >= 0.3 is 0 Å². The Labute approximate surface area is 142 Å². The Hall–Kier alpha value is -0.480. The van der Waals surface area contributed by atoms with Crippen molar-refractivity contribution in [2.24, 2.45) is 5.92 Å². The molecule has 1 N–H and O–H groups in total. The quantitative estimate of drug-likeness (QED) is 0.894. The van der Waals surface area contributed by atoms with Crippen molar-refractivity contribution < 1.29 is 4.79 Å². The maximum absolute atomic E-state index is 12.5. The van der Waals surface area contributed by atoms with Gasteiger partial charge in [0.15, 0.2) is 0 Å². The second kappa shape index (κ2) is 8.23. The molecule has 1 aromatic rings. The van der Waals surface area contributed by atoms with Crippen molar-refractivity contribution in [3.05, 3.63) is 33.8 Å². The van der Waals surface area contributed by atoms with E-state index in [0.29, 0.717) is 10.0 Å². The summed E-state index contributed by atoms with van der Waals surface area (Å²) in [6.07, 6.45) is 2.01. The predicted molar refractivity (Wildman–Crippen MR) is 90.5 cm³/mol. The maximum Gasteiger partial charge on any atom is 0.227 e. The van der Waals surface area contributed by atoms with Crippen molar-refractivity contribution in [3.8, 4) is 0 Å². The number of carbonyl (C=O) groups excluding carboxylic acids is 1. The van der Waals surface area contributed by atoms with Crippen LogP contribution in [0, 0.1) is 5.92 Å². The molecule has 1 heterocycles. The number of rotatable bonds is 3. The summed E-state index contributed by atoms with van der Waals surface area (Å²) in [5.74, 6) is 0.248. The molecule has 2 rings (SSSR count). The number of amides is 1. The SMILES string of the molecule is CC(c1ccc(Cl)cc1Cl)N(C)C(=O)[C@@H]1CCCNC1.Cl. The Kier molecular flexibility index (Phi) is 7.28. The van der Waals surface area contributed by atoms with Crippen molar-refractivity contribution in [1.29, 1.82) is 0 Å². The molecule has 0 spiro atoms. The van der Waals surface area contributed by atoms with E-state index in [1.807, 2.05) is 20.0 Å². The summed E-state index contributed by atoms with van der Waals surface area (Å²) in [6.45, 7) is 3.76. The lowest BCUT2D eigenvalue weighted by Gasteiger charge is -2.31. The topological polar surface area (TPSA) is 32.3 Å². The summed E-state index contributed by atoms with van der Waals surface area (Å²) >= 11 is 12.1. The fraction of sp³-hybridized carbons (Fsp3) is 0.533. The van der Waals surface area contributed by atoms with Gasteiger partial charge in [0.25, 0.3) is 0 Å². The fourth-order valence-corrected chi connectivity index (χ4v) is 3.16. The minimum atomic E-state index is -0.0609. The van der Waals surface area contributed by atoms with E-state index in [-0.39, 0.29) is 30.3 Å². The summed E-state index contributed by atoms with van der Waals surface area (Å²) in [7, 11) is 1.84. The Bertz CT molecular complexity index is 490. The Morgan fingerprint density at radius 3 is 2.71 bits per heavy atom. The minimum Gasteiger partial charge on any atom is -0.339 e. The van der Waals surface area contributed by atoms with Gasteiger partial charge in [-0.15, -0.1) is 12.4 Å². The Morgan fingerprint density at radius 1 is 1.43 bits per heavy atom. The second-order valence-corrected chi connectivity index (χ2v) is 6.18. The average molecular weight is 352 g/mol. The number of halogens is 3. The zero-order valence-corrected chi connectivity index (χ0v) is 14.6. The van der Waals surface area contributed by atoms with Gasteiger partial charge in [0, 0.05) is 23.6 Å². The largest absolute Gasteiger partial charge is 0.339 e. The van der Waals surface area contributed by atoms with Gasteiger partial charge in [0.1, 0.15) is 0 Å². The highest BCUT2D eigenvalue weighted by Gasteiger charge is 2.27. The van der Waals surface area contributed by atoms with Gasteiger partial charge in [-0.05, 0) is 44.0 Å². The predicted octanol–water partition coefficient (Wildman–Crippen LogP) is 3.93. The summed E-state index contributed by atoms with van der Waals surface area (Å²) in [4.78, 5) is 14.3. The van der Waals surface area contributed by atoms with Crippen LogP contribution < -0.4 is 5.32 Å². The summed E-state index contributed by atoms with van der Waals surface area (Å²) < 4.78 is 0. The molecule has 1 unspecified atom stereocenters. The third kappa shape index (κ3) is 4.49. The number of piperidine rings is 1. The number of nitrogens with one attached hydrogen (secondary N) is 1.